The average molecular weight is 483 g/mol. The van der Waals surface area contributed by atoms with Crippen LogP contribution in [0.4, 0.5) is 13.2 Å². The van der Waals surface area contributed by atoms with E-state index in [1.54, 1.807) is 18.2 Å². The molecule has 0 bridgehead atoms. The van der Waals surface area contributed by atoms with Crippen molar-refractivity contribution in [2.45, 2.75) is 46.3 Å². The number of carbonyl (C=O) groups excluding carboxylic acids is 2. The Balaban J connectivity index is 1.91. The van der Waals surface area contributed by atoms with Crippen LogP contribution in [0.2, 0.25) is 0 Å². The summed E-state index contributed by atoms with van der Waals surface area (Å²) in [6.07, 6.45) is -1.81. The lowest BCUT2D eigenvalue weighted by molar-refractivity contribution is -0.150. The van der Waals surface area contributed by atoms with Crippen LogP contribution in [0, 0.1) is 12.3 Å². The van der Waals surface area contributed by atoms with Crippen molar-refractivity contribution in [1.82, 2.24) is 0 Å². The maximum Gasteiger partial charge on any atom is 0.443 e. The number of thioether (sulfide) groups is 2. The second kappa shape index (κ2) is 8.11. The molecule has 1 aliphatic carbocycles. The van der Waals surface area contributed by atoms with Gasteiger partial charge in [-0.2, -0.15) is 13.2 Å². The van der Waals surface area contributed by atoms with Crippen LogP contribution in [0.1, 0.15) is 40.9 Å². The molecule has 32 heavy (non-hydrogen) atoms. The standard InChI is InChI=1S/C23H21F3O4S2/c1-13-7-9-14(10-8-13)18-21(17(27)15-5-3-4-6-16(15)31-18)11-12-22(19(21)28,20(29)30-2)32-23(24,25)26/h3-10,17-18,27H,11-12H2,1-2H3/t17-,18-,21+,22+/m0/s1. The summed E-state index contributed by atoms with van der Waals surface area (Å²) in [6, 6.07) is 14.3. The molecule has 1 heterocycles. The summed E-state index contributed by atoms with van der Waals surface area (Å²) in [6.45, 7) is 1.90. The molecular formula is C23H21F3O4S2. The molecule has 1 saturated carbocycles. The highest BCUT2D eigenvalue weighted by molar-refractivity contribution is 8.03. The molecule has 4 nitrogen and oxygen atoms in total. The number of alkyl halides is 3. The van der Waals surface area contributed by atoms with Gasteiger partial charge in [0.25, 0.3) is 0 Å². The number of fused-ring (bicyclic) bond motifs is 1. The molecule has 0 unspecified atom stereocenters. The molecule has 2 aliphatic rings. The minimum Gasteiger partial charge on any atom is -0.468 e. The Morgan fingerprint density at radius 1 is 1.16 bits per heavy atom. The van der Waals surface area contributed by atoms with Crippen molar-refractivity contribution >= 4 is 35.3 Å². The lowest BCUT2D eigenvalue weighted by Gasteiger charge is -2.45. The Kier molecular flexibility index (Phi) is 5.88. The molecule has 2 aromatic rings. The summed E-state index contributed by atoms with van der Waals surface area (Å²) in [4.78, 5) is 27.3. The molecule has 0 amide bonds. The van der Waals surface area contributed by atoms with Gasteiger partial charge in [0.2, 0.25) is 0 Å². The number of hydrogen-bond acceptors (Lipinski definition) is 6. The molecule has 4 rings (SSSR count). The number of halogens is 3. The molecule has 1 fully saturated rings. The summed E-state index contributed by atoms with van der Waals surface area (Å²) in [5.74, 6) is -2.17. The van der Waals surface area contributed by atoms with E-state index in [4.69, 9.17) is 0 Å². The molecule has 0 saturated heterocycles. The van der Waals surface area contributed by atoms with Crippen molar-refractivity contribution in [2.24, 2.45) is 5.41 Å². The first-order valence-corrected chi connectivity index (χ1v) is 11.7. The third-order valence-electron chi connectivity index (χ3n) is 6.28. The zero-order chi connectivity index (χ0) is 23.3. The SMILES string of the molecule is COC(=O)[C@@]1(SC(F)(F)F)CC[C@@]2(C1=O)[C@@H](O)c1ccccc1S[C@H]2c1ccc(C)cc1. The quantitative estimate of drug-likeness (QED) is 0.468. The van der Waals surface area contributed by atoms with Crippen LogP contribution in [0.3, 0.4) is 0 Å². The number of rotatable bonds is 3. The van der Waals surface area contributed by atoms with Gasteiger partial charge >= 0.3 is 11.5 Å². The first-order chi connectivity index (χ1) is 15.0. The van der Waals surface area contributed by atoms with E-state index in [2.05, 4.69) is 4.74 Å². The van der Waals surface area contributed by atoms with Crippen LogP contribution in [0.5, 0.6) is 0 Å². The van der Waals surface area contributed by atoms with Crippen molar-refractivity contribution in [2.75, 3.05) is 7.11 Å². The molecule has 0 radical (unpaired) electrons. The number of aliphatic hydroxyl groups is 1. The highest BCUT2D eigenvalue weighted by Crippen LogP contribution is 2.68. The van der Waals surface area contributed by atoms with Gasteiger partial charge < -0.3 is 9.84 Å². The number of aliphatic hydroxyl groups excluding tert-OH is 1. The minimum atomic E-state index is -4.83. The maximum absolute atomic E-state index is 14.0. The highest BCUT2D eigenvalue weighted by Gasteiger charge is 2.70. The molecule has 2 aromatic carbocycles. The number of aryl methyl sites for hydroxylation is 1. The molecule has 1 N–H and O–H groups in total. The normalized spacial score (nSPS) is 29.8. The predicted octanol–water partition coefficient (Wildman–Crippen LogP) is 5.39. The van der Waals surface area contributed by atoms with Crippen LogP contribution in [0.15, 0.2) is 53.4 Å². The largest absolute Gasteiger partial charge is 0.468 e. The van der Waals surface area contributed by atoms with Gasteiger partial charge in [0, 0.05) is 10.1 Å². The van der Waals surface area contributed by atoms with Crippen molar-refractivity contribution in [3.8, 4) is 0 Å². The number of hydrogen-bond donors (Lipinski definition) is 1. The molecule has 1 aliphatic heterocycles. The predicted molar refractivity (Wildman–Crippen MR) is 116 cm³/mol. The number of benzene rings is 2. The van der Waals surface area contributed by atoms with Gasteiger partial charge in [0.1, 0.15) is 0 Å². The van der Waals surface area contributed by atoms with E-state index in [-0.39, 0.29) is 12.8 Å². The first kappa shape index (κ1) is 23.2. The smallest absolute Gasteiger partial charge is 0.443 e. The van der Waals surface area contributed by atoms with Gasteiger partial charge in [-0.15, -0.1) is 11.8 Å². The number of Topliss-reactive ketones (excluding diaryl/α,β-unsaturated/α-hetero) is 1. The summed E-state index contributed by atoms with van der Waals surface area (Å²) in [5, 5.41) is 10.8. The number of methoxy groups -OCH3 is 1. The van der Waals surface area contributed by atoms with Crippen molar-refractivity contribution in [3.05, 3.63) is 65.2 Å². The third kappa shape index (κ3) is 3.54. The van der Waals surface area contributed by atoms with Gasteiger partial charge in [-0.1, -0.05) is 48.0 Å². The molecule has 4 atom stereocenters. The molecule has 170 valence electrons. The number of ether oxygens (including phenoxy) is 1. The van der Waals surface area contributed by atoms with Crippen molar-refractivity contribution < 1.29 is 32.6 Å². The van der Waals surface area contributed by atoms with Crippen LogP contribution < -0.4 is 0 Å². The van der Waals surface area contributed by atoms with Crippen LogP contribution in [-0.4, -0.2) is 34.2 Å². The monoisotopic (exact) mass is 482 g/mol. The Hall–Kier alpha value is -1.97. The Morgan fingerprint density at radius 2 is 1.81 bits per heavy atom. The molecule has 1 spiro atoms. The van der Waals surface area contributed by atoms with E-state index in [0.29, 0.717) is 11.1 Å². The number of esters is 1. The lowest BCUT2D eigenvalue weighted by Crippen LogP contribution is -2.51. The van der Waals surface area contributed by atoms with Gasteiger partial charge in [0.05, 0.1) is 18.6 Å². The Labute approximate surface area is 191 Å². The topological polar surface area (TPSA) is 63.6 Å². The Morgan fingerprint density at radius 3 is 2.44 bits per heavy atom. The fourth-order valence-corrected chi connectivity index (χ4v) is 7.40. The number of ketones is 1. The molecule has 9 heteroatoms. The molecule has 0 aromatic heterocycles. The summed E-state index contributed by atoms with van der Waals surface area (Å²) in [7, 11) is 0.970. The van der Waals surface area contributed by atoms with Crippen LogP contribution in [-0.2, 0) is 14.3 Å². The fraction of sp³-hybridized carbons (Fsp3) is 0.391. The second-order valence-electron chi connectivity index (χ2n) is 8.08. The summed E-state index contributed by atoms with van der Waals surface area (Å²) in [5.41, 5.74) is -4.27. The average Bonchev–Trinajstić information content (AvgIpc) is 3.03. The van der Waals surface area contributed by atoms with E-state index in [1.807, 2.05) is 37.3 Å². The zero-order valence-electron chi connectivity index (χ0n) is 17.3. The maximum atomic E-state index is 14.0. The third-order valence-corrected chi connectivity index (χ3v) is 8.97. The van der Waals surface area contributed by atoms with E-state index < -0.39 is 50.5 Å². The number of carbonyl (C=O) groups is 2. The minimum absolute atomic E-state index is 0.0783. The second-order valence-corrected chi connectivity index (χ2v) is 10.6. The van der Waals surface area contributed by atoms with Crippen molar-refractivity contribution in [3.63, 3.8) is 0 Å². The van der Waals surface area contributed by atoms with E-state index in [1.165, 1.54) is 11.8 Å². The van der Waals surface area contributed by atoms with Crippen molar-refractivity contribution in [1.29, 1.82) is 0 Å². The van der Waals surface area contributed by atoms with Gasteiger partial charge in [-0.05, 0) is 48.7 Å². The van der Waals surface area contributed by atoms with Gasteiger partial charge in [-0.25, -0.2) is 0 Å². The fourth-order valence-electron chi connectivity index (χ4n) is 4.77. The Bertz CT molecular complexity index is 1060. The van der Waals surface area contributed by atoms with Crippen LogP contribution >= 0.6 is 23.5 Å². The van der Waals surface area contributed by atoms with E-state index in [0.717, 1.165) is 17.6 Å². The summed E-state index contributed by atoms with van der Waals surface area (Å²) < 4.78 is 42.8. The van der Waals surface area contributed by atoms with E-state index in [9.17, 15) is 27.9 Å². The molecular weight excluding hydrogens is 461 g/mol. The van der Waals surface area contributed by atoms with Gasteiger partial charge in [-0.3, -0.25) is 9.59 Å². The van der Waals surface area contributed by atoms with Gasteiger partial charge in [0.15, 0.2) is 10.5 Å². The zero-order valence-corrected chi connectivity index (χ0v) is 18.9. The summed E-state index contributed by atoms with van der Waals surface area (Å²) >= 11 is 0.693. The lowest BCUT2D eigenvalue weighted by atomic mass is 9.70. The van der Waals surface area contributed by atoms with E-state index >= 15 is 0 Å². The van der Waals surface area contributed by atoms with Crippen LogP contribution in [0.25, 0.3) is 0 Å². The highest BCUT2D eigenvalue weighted by atomic mass is 32.2. The first-order valence-electron chi connectivity index (χ1n) is 9.95.